The van der Waals surface area contributed by atoms with Gasteiger partial charge in [-0.3, -0.25) is 4.98 Å². The first-order valence-corrected chi connectivity index (χ1v) is 9.88. The van der Waals surface area contributed by atoms with Crippen molar-refractivity contribution in [1.29, 1.82) is 0 Å². The van der Waals surface area contributed by atoms with Gasteiger partial charge in [-0.25, -0.2) is 0 Å². The molecular weight excluding hydrogens is 379 g/mol. The molecule has 6 heteroatoms. The van der Waals surface area contributed by atoms with Gasteiger partial charge in [-0.15, -0.1) is 0 Å². The van der Waals surface area contributed by atoms with Crippen LogP contribution in [-0.2, 0) is 12.6 Å². The van der Waals surface area contributed by atoms with Gasteiger partial charge in [0.25, 0.3) is 0 Å². The van der Waals surface area contributed by atoms with Crippen LogP contribution in [-0.4, -0.2) is 15.2 Å². The maximum Gasteiger partial charge on any atom is 0.416 e. The lowest BCUT2D eigenvalue weighted by molar-refractivity contribution is -0.137. The molecule has 3 nitrogen and oxygen atoms in total. The minimum absolute atomic E-state index is 0.0141. The quantitative estimate of drug-likeness (QED) is 0.694. The van der Waals surface area contributed by atoms with E-state index in [1.54, 1.807) is 0 Å². The van der Waals surface area contributed by atoms with Gasteiger partial charge in [0.1, 0.15) is 6.10 Å². The molecule has 3 rings (SSSR count). The van der Waals surface area contributed by atoms with E-state index in [2.05, 4.69) is 13.8 Å². The fraction of sp³-hybridized carbons (Fsp3) is 0.522. The van der Waals surface area contributed by atoms with Crippen LogP contribution in [0.3, 0.4) is 0 Å². The second kappa shape index (κ2) is 7.40. The predicted octanol–water partition coefficient (Wildman–Crippen LogP) is 5.62. The molecule has 29 heavy (non-hydrogen) atoms. The van der Waals surface area contributed by atoms with Crippen LogP contribution in [0, 0.1) is 12.3 Å². The molecular formula is C23H28F3NO2. The summed E-state index contributed by atoms with van der Waals surface area (Å²) in [5.74, 6) is 0.0141. The molecule has 2 atom stereocenters. The molecule has 0 spiro atoms. The van der Waals surface area contributed by atoms with Crippen LogP contribution in [0.2, 0.25) is 0 Å². The second-order valence-electron chi connectivity index (χ2n) is 9.13. The largest absolute Gasteiger partial charge is 0.416 e. The van der Waals surface area contributed by atoms with Crippen LogP contribution in [0.5, 0.6) is 0 Å². The van der Waals surface area contributed by atoms with Gasteiger partial charge in [-0.05, 0) is 54.4 Å². The number of fused-ring (bicyclic) bond motifs is 1. The average molecular weight is 407 g/mol. The third-order valence-corrected chi connectivity index (χ3v) is 5.75. The predicted molar refractivity (Wildman–Crippen MR) is 106 cm³/mol. The Morgan fingerprint density at radius 3 is 2.24 bits per heavy atom. The zero-order chi connectivity index (χ0) is 21.7. The highest BCUT2D eigenvalue weighted by Crippen LogP contribution is 2.44. The second-order valence-corrected chi connectivity index (χ2v) is 9.13. The van der Waals surface area contributed by atoms with Crippen molar-refractivity contribution in [3.05, 3.63) is 63.5 Å². The Morgan fingerprint density at radius 2 is 1.72 bits per heavy atom. The van der Waals surface area contributed by atoms with Crippen molar-refractivity contribution in [3.63, 3.8) is 0 Å². The van der Waals surface area contributed by atoms with E-state index in [1.165, 1.54) is 12.1 Å². The van der Waals surface area contributed by atoms with Crippen LogP contribution in [0.15, 0.2) is 24.3 Å². The Hall–Kier alpha value is -1.92. The number of hydrogen-bond donors (Lipinski definition) is 2. The molecule has 0 bridgehead atoms. The maximum absolute atomic E-state index is 12.9. The van der Waals surface area contributed by atoms with E-state index in [4.69, 9.17) is 4.98 Å². The van der Waals surface area contributed by atoms with E-state index in [0.717, 1.165) is 41.1 Å². The topological polar surface area (TPSA) is 53.4 Å². The normalized spacial score (nSPS) is 19.9. The van der Waals surface area contributed by atoms with Gasteiger partial charge in [0.15, 0.2) is 0 Å². The fourth-order valence-corrected chi connectivity index (χ4v) is 4.35. The molecule has 158 valence electrons. The lowest BCUT2D eigenvalue weighted by Crippen LogP contribution is -2.29. The molecule has 2 N–H and O–H groups in total. The molecule has 0 aliphatic heterocycles. The zero-order valence-electron chi connectivity index (χ0n) is 17.4. The Bertz CT molecular complexity index is 902. The molecule has 1 aromatic heterocycles. The summed E-state index contributed by atoms with van der Waals surface area (Å²) in [6.45, 7) is 9.99. The Morgan fingerprint density at radius 1 is 1.14 bits per heavy atom. The van der Waals surface area contributed by atoms with Gasteiger partial charge < -0.3 is 10.2 Å². The summed E-state index contributed by atoms with van der Waals surface area (Å²) in [5, 5.41) is 21.8. The fourth-order valence-electron chi connectivity index (χ4n) is 4.35. The molecule has 1 aliphatic rings. The third-order valence-electron chi connectivity index (χ3n) is 5.75. The summed E-state index contributed by atoms with van der Waals surface area (Å²) in [5.41, 5.74) is 3.21. The van der Waals surface area contributed by atoms with Crippen molar-refractivity contribution in [2.24, 2.45) is 5.41 Å². The Kier molecular flexibility index (Phi) is 5.56. The summed E-state index contributed by atoms with van der Waals surface area (Å²) < 4.78 is 38.6. The van der Waals surface area contributed by atoms with Crippen molar-refractivity contribution in [2.75, 3.05) is 0 Å². The number of benzene rings is 1. The van der Waals surface area contributed by atoms with Gasteiger partial charge >= 0.3 is 6.18 Å². The zero-order valence-corrected chi connectivity index (χ0v) is 17.4. The van der Waals surface area contributed by atoms with Crippen molar-refractivity contribution in [3.8, 4) is 0 Å². The first-order valence-electron chi connectivity index (χ1n) is 9.88. The highest BCUT2D eigenvalue weighted by atomic mass is 19.4. The van der Waals surface area contributed by atoms with Crippen molar-refractivity contribution in [2.45, 2.75) is 71.8 Å². The third kappa shape index (κ3) is 4.19. The Balaban J connectivity index is 2.12. The number of halogens is 3. The number of aliphatic hydroxyl groups excluding tert-OH is 2. The number of aromatic nitrogens is 1. The van der Waals surface area contributed by atoms with Gasteiger partial charge in [-0.2, -0.15) is 13.2 Å². The van der Waals surface area contributed by atoms with Crippen LogP contribution in [0.25, 0.3) is 0 Å². The molecule has 1 heterocycles. The van der Waals surface area contributed by atoms with Crippen LogP contribution < -0.4 is 0 Å². The first kappa shape index (κ1) is 21.8. The van der Waals surface area contributed by atoms with Crippen LogP contribution in [0.1, 0.15) is 91.4 Å². The summed E-state index contributed by atoms with van der Waals surface area (Å²) in [4.78, 5) is 4.82. The maximum atomic E-state index is 12.9. The monoisotopic (exact) mass is 407 g/mol. The van der Waals surface area contributed by atoms with Crippen molar-refractivity contribution in [1.82, 2.24) is 4.98 Å². The highest BCUT2D eigenvalue weighted by molar-refractivity contribution is 5.48. The minimum Gasteiger partial charge on any atom is -0.388 e. The molecule has 0 fully saturated rings. The van der Waals surface area contributed by atoms with Crippen LogP contribution in [0.4, 0.5) is 13.2 Å². The molecule has 0 saturated heterocycles. The number of rotatable bonds is 3. The lowest BCUT2D eigenvalue weighted by atomic mass is 9.72. The smallest absolute Gasteiger partial charge is 0.388 e. The summed E-state index contributed by atoms with van der Waals surface area (Å²) in [6.07, 6.45) is -4.89. The van der Waals surface area contributed by atoms with Gasteiger partial charge in [0.2, 0.25) is 0 Å². The summed E-state index contributed by atoms with van der Waals surface area (Å²) >= 11 is 0. The SMILES string of the molecule is Cc1c2c(nc(C(C)C)c1C(O)c1ccc(C(F)(F)F)cc1)CC(C)(C)CC2O. The standard InChI is InChI=1S/C23H28F3NO2/c1-12(2)20-19(21(29)14-6-8-15(9-7-14)23(24,25)26)13(3)18-16(27-20)10-22(4,5)11-17(18)28/h6-9,12,17,21,28-29H,10-11H2,1-5H3. The summed E-state index contributed by atoms with van der Waals surface area (Å²) in [6, 6.07) is 4.56. The molecule has 0 radical (unpaired) electrons. The van der Waals surface area contributed by atoms with Gasteiger partial charge in [-0.1, -0.05) is 39.8 Å². The van der Waals surface area contributed by atoms with E-state index in [1.807, 2.05) is 20.8 Å². The molecule has 0 amide bonds. The number of alkyl halides is 3. The molecule has 2 aromatic rings. The number of nitrogens with zero attached hydrogens (tertiary/aromatic N) is 1. The van der Waals surface area contributed by atoms with E-state index in [-0.39, 0.29) is 11.3 Å². The van der Waals surface area contributed by atoms with Crippen molar-refractivity contribution >= 4 is 0 Å². The Labute approximate surface area is 169 Å². The number of aliphatic hydroxyl groups is 2. The van der Waals surface area contributed by atoms with Gasteiger partial charge in [0, 0.05) is 22.5 Å². The molecule has 0 saturated carbocycles. The lowest BCUT2D eigenvalue weighted by Gasteiger charge is -2.36. The number of pyridine rings is 1. The molecule has 2 unspecified atom stereocenters. The van der Waals surface area contributed by atoms with Gasteiger partial charge in [0.05, 0.1) is 11.7 Å². The van der Waals surface area contributed by atoms with E-state index in [9.17, 15) is 23.4 Å². The van der Waals surface area contributed by atoms with E-state index in [0.29, 0.717) is 17.5 Å². The van der Waals surface area contributed by atoms with E-state index >= 15 is 0 Å². The van der Waals surface area contributed by atoms with E-state index < -0.39 is 23.9 Å². The average Bonchev–Trinajstić information content (AvgIpc) is 2.58. The van der Waals surface area contributed by atoms with Crippen LogP contribution >= 0.6 is 0 Å². The summed E-state index contributed by atoms with van der Waals surface area (Å²) in [7, 11) is 0. The molecule has 1 aliphatic carbocycles. The minimum atomic E-state index is -4.42. The number of hydrogen-bond acceptors (Lipinski definition) is 3. The highest BCUT2D eigenvalue weighted by Gasteiger charge is 2.36. The first-order chi connectivity index (χ1) is 13.3. The van der Waals surface area contributed by atoms with Crippen molar-refractivity contribution < 1.29 is 23.4 Å². The molecule has 1 aromatic carbocycles.